The molecule has 106 valence electrons. The molecule has 1 N–H and O–H groups in total. The molecular formula is C16H21N3O. The molecule has 0 fully saturated rings. The number of nitrogens with one attached hydrogen (secondary N) is 1. The predicted molar refractivity (Wildman–Crippen MR) is 80.3 cm³/mol. The molecule has 3 rings (SSSR count). The van der Waals surface area contributed by atoms with E-state index < -0.39 is 0 Å². The summed E-state index contributed by atoms with van der Waals surface area (Å²) in [5, 5.41) is 7.96. The molecule has 0 saturated carbocycles. The first-order chi connectivity index (χ1) is 9.67. The summed E-state index contributed by atoms with van der Waals surface area (Å²) in [6.07, 6.45) is 6.21. The highest BCUT2D eigenvalue weighted by Gasteiger charge is 2.23. The fourth-order valence-electron chi connectivity index (χ4n) is 2.75. The Labute approximate surface area is 119 Å². The third-order valence-corrected chi connectivity index (χ3v) is 3.90. The van der Waals surface area contributed by atoms with Gasteiger partial charge in [0.15, 0.2) is 0 Å². The Morgan fingerprint density at radius 2 is 2.25 bits per heavy atom. The number of aryl methyl sites for hydroxylation is 1. The van der Waals surface area contributed by atoms with Crippen molar-refractivity contribution in [1.82, 2.24) is 9.78 Å². The summed E-state index contributed by atoms with van der Waals surface area (Å²) in [7, 11) is 1.71. The topological polar surface area (TPSA) is 39.1 Å². The molecule has 1 unspecified atom stereocenters. The van der Waals surface area contributed by atoms with Gasteiger partial charge in [-0.1, -0.05) is 6.07 Å². The van der Waals surface area contributed by atoms with Crippen molar-refractivity contribution >= 4 is 5.69 Å². The van der Waals surface area contributed by atoms with E-state index in [1.54, 1.807) is 7.11 Å². The molecule has 2 aromatic rings. The third kappa shape index (κ3) is 2.38. The van der Waals surface area contributed by atoms with Crippen LogP contribution in [0.25, 0.3) is 0 Å². The van der Waals surface area contributed by atoms with Gasteiger partial charge in [-0.2, -0.15) is 5.10 Å². The van der Waals surface area contributed by atoms with Gasteiger partial charge in [-0.3, -0.25) is 4.68 Å². The largest absolute Gasteiger partial charge is 0.497 e. The monoisotopic (exact) mass is 271 g/mol. The number of benzene rings is 1. The molecule has 0 aliphatic heterocycles. The minimum Gasteiger partial charge on any atom is -0.497 e. The molecule has 1 atom stereocenters. The first-order valence-corrected chi connectivity index (χ1v) is 7.15. The van der Waals surface area contributed by atoms with E-state index in [1.165, 1.54) is 11.1 Å². The van der Waals surface area contributed by atoms with Crippen molar-refractivity contribution < 1.29 is 4.74 Å². The minimum absolute atomic E-state index is 0.352. The van der Waals surface area contributed by atoms with Gasteiger partial charge in [0.25, 0.3) is 0 Å². The highest BCUT2D eigenvalue weighted by molar-refractivity contribution is 5.48. The number of methoxy groups -OCH3 is 1. The number of fused-ring (bicyclic) bond motifs is 1. The minimum atomic E-state index is 0.352. The number of hydrogen-bond donors (Lipinski definition) is 1. The summed E-state index contributed by atoms with van der Waals surface area (Å²) in [6.45, 7) is 4.26. The Morgan fingerprint density at radius 1 is 1.40 bits per heavy atom. The molecule has 20 heavy (non-hydrogen) atoms. The van der Waals surface area contributed by atoms with Crippen molar-refractivity contribution in [1.29, 1.82) is 0 Å². The summed E-state index contributed by atoms with van der Waals surface area (Å²) in [5.41, 5.74) is 3.85. The number of aromatic nitrogens is 2. The van der Waals surface area contributed by atoms with Gasteiger partial charge in [-0.05, 0) is 49.9 Å². The zero-order valence-electron chi connectivity index (χ0n) is 12.3. The van der Waals surface area contributed by atoms with E-state index in [0.717, 1.165) is 24.3 Å². The van der Waals surface area contributed by atoms with E-state index in [2.05, 4.69) is 42.6 Å². The van der Waals surface area contributed by atoms with E-state index >= 15 is 0 Å². The first-order valence-electron chi connectivity index (χ1n) is 7.15. The zero-order valence-corrected chi connectivity index (χ0v) is 12.3. The second kappa shape index (κ2) is 5.19. The van der Waals surface area contributed by atoms with Crippen LogP contribution >= 0.6 is 0 Å². The first kappa shape index (κ1) is 13.0. The maximum atomic E-state index is 5.33. The van der Waals surface area contributed by atoms with Gasteiger partial charge < -0.3 is 10.1 Å². The van der Waals surface area contributed by atoms with Crippen molar-refractivity contribution in [3.63, 3.8) is 0 Å². The molecule has 1 aromatic carbocycles. The lowest BCUT2D eigenvalue weighted by Gasteiger charge is -2.14. The van der Waals surface area contributed by atoms with E-state index in [4.69, 9.17) is 4.74 Å². The van der Waals surface area contributed by atoms with Crippen LogP contribution in [-0.4, -0.2) is 16.9 Å². The summed E-state index contributed by atoms with van der Waals surface area (Å²) < 4.78 is 7.31. The fraction of sp³-hybridized carbons (Fsp3) is 0.438. The number of nitrogens with zero attached hydrogens (tertiary/aromatic N) is 2. The molecule has 1 heterocycles. The lowest BCUT2D eigenvalue weighted by molar-refractivity contribution is 0.414. The molecule has 0 spiro atoms. The van der Waals surface area contributed by atoms with Crippen molar-refractivity contribution in [3.8, 4) is 5.75 Å². The fourth-order valence-corrected chi connectivity index (χ4v) is 2.75. The normalized spacial score (nSPS) is 17.3. The Bertz CT molecular complexity index is 604. The van der Waals surface area contributed by atoms with Crippen LogP contribution in [0.5, 0.6) is 5.75 Å². The van der Waals surface area contributed by atoms with Gasteiger partial charge in [0.1, 0.15) is 5.75 Å². The number of rotatable bonds is 4. The van der Waals surface area contributed by atoms with Gasteiger partial charge in [0.05, 0.1) is 25.0 Å². The summed E-state index contributed by atoms with van der Waals surface area (Å²) in [5.74, 6) is 0.926. The standard InChI is InChI=1S/C16H21N3O/c1-11(2)19-10-13(9-17-19)18-16-7-5-12-4-6-14(20-3)8-15(12)16/h4,6,8-11,16,18H,5,7H2,1-3H3. The van der Waals surface area contributed by atoms with Crippen molar-refractivity contribution in [2.45, 2.75) is 38.8 Å². The van der Waals surface area contributed by atoms with Crippen LogP contribution in [0.4, 0.5) is 5.69 Å². The lowest BCUT2D eigenvalue weighted by atomic mass is 10.1. The highest BCUT2D eigenvalue weighted by atomic mass is 16.5. The van der Waals surface area contributed by atoms with Crippen LogP contribution in [0.1, 0.15) is 43.5 Å². The van der Waals surface area contributed by atoms with Gasteiger partial charge in [0, 0.05) is 12.2 Å². The molecular weight excluding hydrogens is 250 g/mol. The van der Waals surface area contributed by atoms with Crippen LogP contribution in [-0.2, 0) is 6.42 Å². The van der Waals surface area contributed by atoms with E-state index in [0.29, 0.717) is 12.1 Å². The van der Waals surface area contributed by atoms with Gasteiger partial charge in [-0.15, -0.1) is 0 Å². The third-order valence-electron chi connectivity index (χ3n) is 3.90. The lowest BCUT2D eigenvalue weighted by Crippen LogP contribution is -2.07. The summed E-state index contributed by atoms with van der Waals surface area (Å²) in [6, 6.07) is 7.10. The molecule has 4 nitrogen and oxygen atoms in total. The Morgan fingerprint density at radius 3 is 2.95 bits per heavy atom. The molecule has 4 heteroatoms. The highest BCUT2D eigenvalue weighted by Crippen LogP contribution is 2.36. The van der Waals surface area contributed by atoms with Gasteiger partial charge in [-0.25, -0.2) is 0 Å². The molecule has 1 aliphatic carbocycles. The molecule has 0 saturated heterocycles. The summed E-state index contributed by atoms with van der Waals surface area (Å²) >= 11 is 0. The molecule has 1 aromatic heterocycles. The molecule has 0 amide bonds. The number of hydrogen-bond acceptors (Lipinski definition) is 3. The summed E-state index contributed by atoms with van der Waals surface area (Å²) in [4.78, 5) is 0. The van der Waals surface area contributed by atoms with Crippen LogP contribution in [0.3, 0.4) is 0 Å². The van der Waals surface area contributed by atoms with E-state index in [9.17, 15) is 0 Å². The molecule has 0 bridgehead atoms. The van der Waals surface area contributed by atoms with Crippen molar-refractivity contribution in [2.75, 3.05) is 12.4 Å². The van der Waals surface area contributed by atoms with Gasteiger partial charge >= 0.3 is 0 Å². The van der Waals surface area contributed by atoms with Crippen LogP contribution < -0.4 is 10.1 Å². The van der Waals surface area contributed by atoms with Crippen LogP contribution in [0, 0.1) is 0 Å². The predicted octanol–water partition coefficient (Wildman–Crippen LogP) is 3.57. The zero-order chi connectivity index (χ0) is 14.1. The Kier molecular flexibility index (Phi) is 3.38. The van der Waals surface area contributed by atoms with Crippen molar-refractivity contribution in [3.05, 3.63) is 41.7 Å². The average Bonchev–Trinajstić information content (AvgIpc) is 3.06. The smallest absolute Gasteiger partial charge is 0.119 e. The number of anilines is 1. The Hall–Kier alpha value is -1.97. The quantitative estimate of drug-likeness (QED) is 0.924. The van der Waals surface area contributed by atoms with E-state index in [-0.39, 0.29) is 0 Å². The second-order valence-electron chi connectivity index (χ2n) is 5.60. The Balaban J connectivity index is 1.80. The average molecular weight is 271 g/mol. The maximum Gasteiger partial charge on any atom is 0.119 e. The SMILES string of the molecule is COc1ccc2c(c1)C(Nc1cnn(C(C)C)c1)CC2. The number of ether oxygens (including phenoxy) is 1. The molecule has 0 radical (unpaired) electrons. The van der Waals surface area contributed by atoms with Crippen LogP contribution in [0.15, 0.2) is 30.6 Å². The van der Waals surface area contributed by atoms with Crippen LogP contribution in [0.2, 0.25) is 0 Å². The molecule has 1 aliphatic rings. The van der Waals surface area contributed by atoms with Crippen molar-refractivity contribution in [2.24, 2.45) is 0 Å². The maximum absolute atomic E-state index is 5.33. The van der Waals surface area contributed by atoms with Gasteiger partial charge in [0.2, 0.25) is 0 Å². The second-order valence-corrected chi connectivity index (χ2v) is 5.60. The van der Waals surface area contributed by atoms with E-state index in [1.807, 2.05) is 16.9 Å².